The lowest BCUT2D eigenvalue weighted by Crippen LogP contribution is -2.53. The van der Waals surface area contributed by atoms with Gasteiger partial charge in [0.25, 0.3) is 0 Å². The Balaban J connectivity index is 1.27. The second-order valence-electron chi connectivity index (χ2n) is 8.65. The summed E-state index contributed by atoms with van der Waals surface area (Å²) < 4.78 is 7.09. The van der Waals surface area contributed by atoms with Gasteiger partial charge < -0.3 is 20.3 Å². The van der Waals surface area contributed by atoms with Gasteiger partial charge in [0.2, 0.25) is 5.91 Å². The van der Waals surface area contributed by atoms with Crippen molar-refractivity contribution in [2.45, 2.75) is 56.8 Å². The van der Waals surface area contributed by atoms with Crippen LogP contribution in [0.25, 0.3) is 10.1 Å². The van der Waals surface area contributed by atoms with E-state index in [-0.39, 0.29) is 17.9 Å². The van der Waals surface area contributed by atoms with E-state index in [1.807, 2.05) is 0 Å². The number of nitrogens with zero attached hydrogens (tertiary/aromatic N) is 1. The van der Waals surface area contributed by atoms with E-state index in [0.29, 0.717) is 18.6 Å². The molecule has 29 heavy (non-hydrogen) atoms. The van der Waals surface area contributed by atoms with Crippen LogP contribution >= 0.6 is 11.3 Å². The van der Waals surface area contributed by atoms with Crippen molar-refractivity contribution in [1.82, 2.24) is 15.5 Å². The number of thiophene rings is 1. The van der Waals surface area contributed by atoms with Crippen molar-refractivity contribution in [2.75, 3.05) is 27.2 Å². The first kappa shape index (κ1) is 20.8. The van der Waals surface area contributed by atoms with Gasteiger partial charge in [-0.2, -0.15) is 0 Å². The standard InChI is InChI=1S/C23H33N3O2S/c1-26-10-7-19(8-11-26)25-20-5-4-18(14-21(20)28-2)23(27)24-15-16-3-6-22-17(13-16)9-12-29-22/h3,6,9,12-13,18-21,25H,4-5,7-8,10-11,14-15H2,1-2H3,(H,24,27)/t18-,20-,21-/m0/s1. The molecule has 2 heterocycles. The zero-order chi connectivity index (χ0) is 20.2. The zero-order valence-corrected chi connectivity index (χ0v) is 18.3. The Morgan fingerprint density at radius 3 is 2.83 bits per heavy atom. The monoisotopic (exact) mass is 415 g/mol. The van der Waals surface area contributed by atoms with Crippen LogP contribution in [0.4, 0.5) is 0 Å². The highest BCUT2D eigenvalue weighted by Gasteiger charge is 2.35. The summed E-state index contributed by atoms with van der Waals surface area (Å²) in [5, 5.41) is 10.3. The largest absolute Gasteiger partial charge is 0.380 e. The molecule has 2 aliphatic rings. The molecular formula is C23H33N3O2S. The Morgan fingerprint density at radius 1 is 1.21 bits per heavy atom. The molecule has 3 atom stereocenters. The van der Waals surface area contributed by atoms with E-state index in [4.69, 9.17) is 4.74 Å². The number of rotatable bonds is 6. The van der Waals surface area contributed by atoms with E-state index in [2.05, 4.69) is 52.2 Å². The molecule has 2 fully saturated rings. The molecule has 158 valence electrons. The molecule has 2 N–H and O–H groups in total. The van der Waals surface area contributed by atoms with Crippen LogP contribution in [0.1, 0.15) is 37.7 Å². The molecule has 0 bridgehead atoms. The van der Waals surface area contributed by atoms with Crippen molar-refractivity contribution in [3.8, 4) is 0 Å². The summed E-state index contributed by atoms with van der Waals surface area (Å²) in [4.78, 5) is 15.2. The fraction of sp³-hybridized carbons (Fsp3) is 0.609. The summed E-state index contributed by atoms with van der Waals surface area (Å²) in [5.41, 5.74) is 1.16. The Hall–Kier alpha value is -1.47. The Morgan fingerprint density at radius 2 is 2.03 bits per heavy atom. The summed E-state index contributed by atoms with van der Waals surface area (Å²) in [5.74, 6) is 0.204. The van der Waals surface area contributed by atoms with Crippen LogP contribution in [0.3, 0.4) is 0 Å². The van der Waals surface area contributed by atoms with E-state index in [9.17, 15) is 4.79 Å². The average Bonchev–Trinajstić information content (AvgIpc) is 3.21. The Kier molecular flexibility index (Phi) is 6.85. The van der Waals surface area contributed by atoms with Gasteiger partial charge in [0.05, 0.1) is 6.10 Å². The maximum atomic E-state index is 12.8. The van der Waals surface area contributed by atoms with Crippen LogP contribution in [-0.4, -0.2) is 56.2 Å². The average molecular weight is 416 g/mol. The van der Waals surface area contributed by atoms with Crippen LogP contribution in [0.5, 0.6) is 0 Å². The fourth-order valence-corrected chi connectivity index (χ4v) is 5.53. The molecule has 0 radical (unpaired) electrons. The number of carbonyl (C=O) groups is 1. The first-order valence-corrected chi connectivity index (χ1v) is 11.7. The highest BCUT2D eigenvalue weighted by molar-refractivity contribution is 7.17. The first-order chi connectivity index (χ1) is 14.1. The van der Waals surface area contributed by atoms with Crippen LogP contribution in [-0.2, 0) is 16.1 Å². The molecule has 1 saturated heterocycles. The number of carbonyl (C=O) groups excluding carboxylic acids is 1. The summed E-state index contributed by atoms with van der Waals surface area (Å²) in [7, 11) is 3.97. The zero-order valence-electron chi connectivity index (χ0n) is 17.5. The van der Waals surface area contributed by atoms with E-state index in [1.54, 1.807) is 18.4 Å². The lowest BCUT2D eigenvalue weighted by molar-refractivity contribution is -0.128. The van der Waals surface area contributed by atoms with Crippen LogP contribution in [0, 0.1) is 5.92 Å². The van der Waals surface area contributed by atoms with Gasteiger partial charge in [0.1, 0.15) is 0 Å². The van der Waals surface area contributed by atoms with Crippen molar-refractivity contribution in [3.05, 3.63) is 35.2 Å². The number of hydrogen-bond acceptors (Lipinski definition) is 5. The van der Waals surface area contributed by atoms with Gasteiger partial charge in [-0.25, -0.2) is 0 Å². The fourth-order valence-electron chi connectivity index (χ4n) is 4.76. The van der Waals surface area contributed by atoms with Crippen LogP contribution < -0.4 is 10.6 Å². The molecule has 1 aliphatic heterocycles. The molecule has 6 heteroatoms. The normalized spacial score (nSPS) is 26.6. The van der Waals surface area contributed by atoms with Crippen LogP contribution in [0.2, 0.25) is 0 Å². The summed E-state index contributed by atoms with van der Waals surface area (Å²) in [6.45, 7) is 2.91. The van der Waals surface area contributed by atoms with Gasteiger partial charge in [-0.05, 0) is 86.8 Å². The number of likely N-dealkylation sites (tertiary alicyclic amines) is 1. The molecule has 1 aromatic heterocycles. The third-order valence-corrected chi connectivity index (χ3v) is 7.52. The lowest BCUT2D eigenvalue weighted by atomic mass is 9.82. The van der Waals surface area contributed by atoms with E-state index < -0.39 is 0 Å². The topological polar surface area (TPSA) is 53.6 Å². The summed E-state index contributed by atoms with van der Waals surface area (Å²) in [6, 6.07) is 9.49. The molecule has 0 spiro atoms. The van der Waals surface area contributed by atoms with Gasteiger partial charge in [0.15, 0.2) is 0 Å². The van der Waals surface area contributed by atoms with E-state index in [0.717, 1.165) is 37.9 Å². The van der Waals surface area contributed by atoms with Crippen LogP contribution in [0.15, 0.2) is 29.6 Å². The Labute approximate surface area is 177 Å². The number of nitrogens with one attached hydrogen (secondary N) is 2. The number of piperidine rings is 1. The second-order valence-corrected chi connectivity index (χ2v) is 9.59. The highest BCUT2D eigenvalue weighted by atomic mass is 32.1. The van der Waals surface area contributed by atoms with Gasteiger partial charge in [0, 0.05) is 36.4 Å². The van der Waals surface area contributed by atoms with Gasteiger partial charge in [-0.15, -0.1) is 11.3 Å². The van der Waals surface area contributed by atoms with Crippen molar-refractivity contribution in [2.24, 2.45) is 5.92 Å². The van der Waals surface area contributed by atoms with Crippen molar-refractivity contribution in [1.29, 1.82) is 0 Å². The second kappa shape index (κ2) is 9.56. The number of hydrogen-bond donors (Lipinski definition) is 2. The quantitative estimate of drug-likeness (QED) is 0.759. The lowest BCUT2D eigenvalue weighted by Gasteiger charge is -2.39. The smallest absolute Gasteiger partial charge is 0.223 e. The molecule has 1 aliphatic carbocycles. The minimum Gasteiger partial charge on any atom is -0.380 e. The highest BCUT2D eigenvalue weighted by Crippen LogP contribution is 2.28. The molecule has 0 unspecified atom stereocenters. The maximum Gasteiger partial charge on any atom is 0.223 e. The predicted molar refractivity (Wildman–Crippen MR) is 119 cm³/mol. The van der Waals surface area contributed by atoms with Gasteiger partial charge in [-0.3, -0.25) is 4.79 Å². The number of benzene rings is 1. The third kappa shape index (κ3) is 5.18. The number of methoxy groups -OCH3 is 1. The SMILES string of the molecule is CO[C@H]1C[C@@H](C(=O)NCc2ccc3sccc3c2)CC[C@@H]1NC1CCN(C)CC1. The Bertz CT molecular complexity index is 815. The van der Waals surface area contributed by atoms with Crippen molar-refractivity contribution < 1.29 is 9.53 Å². The van der Waals surface area contributed by atoms with Gasteiger partial charge in [-0.1, -0.05) is 6.07 Å². The van der Waals surface area contributed by atoms with E-state index in [1.165, 1.54) is 22.9 Å². The molecule has 1 amide bonds. The molecular weight excluding hydrogens is 382 g/mol. The summed E-state index contributed by atoms with van der Waals surface area (Å²) in [6.07, 6.45) is 5.24. The molecule has 5 nitrogen and oxygen atoms in total. The molecule has 1 saturated carbocycles. The van der Waals surface area contributed by atoms with Gasteiger partial charge >= 0.3 is 0 Å². The minimum absolute atomic E-state index is 0.0420. The van der Waals surface area contributed by atoms with Crippen molar-refractivity contribution >= 4 is 27.3 Å². The number of fused-ring (bicyclic) bond motifs is 1. The molecule has 2 aromatic rings. The minimum atomic E-state index is 0.0420. The van der Waals surface area contributed by atoms with E-state index >= 15 is 0 Å². The first-order valence-electron chi connectivity index (χ1n) is 10.8. The molecule has 1 aromatic carbocycles. The summed E-state index contributed by atoms with van der Waals surface area (Å²) >= 11 is 1.75. The number of ether oxygens (including phenoxy) is 1. The third-order valence-electron chi connectivity index (χ3n) is 6.62. The van der Waals surface area contributed by atoms with Crippen molar-refractivity contribution in [3.63, 3.8) is 0 Å². The maximum absolute atomic E-state index is 12.8. The predicted octanol–water partition coefficient (Wildman–Crippen LogP) is 3.39. The molecule has 4 rings (SSSR count). The number of amides is 1.